The Labute approximate surface area is 126 Å². The summed E-state index contributed by atoms with van der Waals surface area (Å²) < 4.78 is 0. The van der Waals surface area contributed by atoms with Gasteiger partial charge in [-0.3, -0.25) is 0 Å². The van der Waals surface area contributed by atoms with Crippen LogP contribution in [0.25, 0.3) is 0 Å². The molecular weight excluding hydrogens is 272 g/mol. The third kappa shape index (κ3) is 21.7. The summed E-state index contributed by atoms with van der Waals surface area (Å²) in [4.78, 5) is 18.8. The molecule has 0 aromatic carbocycles. The van der Waals surface area contributed by atoms with Gasteiger partial charge in [0.05, 0.1) is 25.2 Å². The van der Waals surface area contributed by atoms with Crippen molar-refractivity contribution in [2.45, 2.75) is 12.2 Å². The molecule has 0 heterocycles. The first-order chi connectivity index (χ1) is 6.36. The zero-order chi connectivity index (χ0) is 11.7. The molecule has 2 atom stereocenters. The molecule has 100 valence electrons. The van der Waals surface area contributed by atoms with Crippen molar-refractivity contribution in [2.24, 2.45) is 0 Å². The summed E-state index contributed by atoms with van der Waals surface area (Å²) in [6.07, 6.45) is -3.47. The number of carbonyl (C=O) groups excluding carboxylic acids is 2. The van der Waals surface area contributed by atoms with Gasteiger partial charge in [0.1, 0.15) is 12.2 Å². The van der Waals surface area contributed by atoms with Crippen molar-refractivity contribution in [3.05, 3.63) is 0 Å². The summed E-state index contributed by atoms with van der Waals surface area (Å²) in [5.74, 6) is -3.30. The van der Waals surface area contributed by atoms with E-state index in [2.05, 4.69) is 0 Å². The summed E-state index contributed by atoms with van der Waals surface area (Å²) in [5, 5.41) is 50.5. The van der Waals surface area contributed by atoms with Gasteiger partial charge in [-0.1, -0.05) is 0 Å². The summed E-state index contributed by atoms with van der Waals surface area (Å²) in [5.41, 5.74) is 0. The van der Waals surface area contributed by atoms with Gasteiger partial charge in [-0.25, -0.2) is 0 Å². The maximum atomic E-state index is 9.41. The van der Waals surface area contributed by atoms with Crippen molar-refractivity contribution in [3.8, 4) is 0 Å². The smallest absolute Gasteiger partial charge is 0.547 e. The minimum absolute atomic E-state index is 0. The summed E-state index contributed by atoms with van der Waals surface area (Å²) in [7, 11) is 0. The molecule has 0 saturated carbocycles. The van der Waals surface area contributed by atoms with Crippen LogP contribution in [0.4, 0.5) is 0 Å². The van der Waals surface area contributed by atoms with E-state index in [-0.39, 0.29) is 48.7 Å². The molecule has 0 radical (unpaired) electrons. The van der Waals surface area contributed by atoms with Crippen molar-refractivity contribution in [3.63, 3.8) is 0 Å². The Morgan fingerprint density at radius 2 is 1.06 bits per heavy atom. The molecule has 10 nitrogen and oxygen atoms in total. The molecule has 0 rings (SSSR count). The van der Waals surface area contributed by atoms with Gasteiger partial charge >= 0.3 is 37.7 Å². The second-order valence-electron chi connectivity index (χ2n) is 2.03. The molecule has 8 N–H and O–H groups in total. The van der Waals surface area contributed by atoms with Gasteiger partial charge in [0.2, 0.25) is 0 Å². The monoisotopic (exact) mass is 286 g/mol. The molecule has 0 bridgehead atoms. The molecule has 0 aromatic rings. The second-order valence-corrected chi connectivity index (χ2v) is 2.03. The largest absolute Gasteiger partial charge is 2.00 e. The first-order valence-electron chi connectivity index (χ1n) is 3.36. The third-order valence-corrected chi connectivity index (χ3v) is 0.890. The molecule has 17 heavy (non-hydrogen) atoms. The number of hydrogen-bond donors (Lipinski definition) is 4. The van der Waals surface area contributed by atoms with E-state index in [0.29, 0.717) is 0 Å². The van der Waals surface area contributed by atoms with Crippen LogP contribution >= 0.6 is 0 Å². The van der Waals surface area contributed by atoms with Gasteiger partial charge in [0.25, 0.3) is 0 Å². The van der Waals surface area contributed by atoms with Crippen LogP contribution in [0.3, 0.4) is 0 Å². The van der Waals surface area contributed by atoms with Crippen molar-refractivity contribution in [1.29, 1.82) is 0 Å². The fourth-order valence-electron chi connectivity index (χ4n) is 0.149. The van der Waals surface area contributed by atoms with Crippen LogP contribution in [0.5, 0.6) is 0 Å². The van der Waals surface area contributed by atoms with Gasteiger partial charge in [0.15, 0.2) is 0 Å². The quantitative estimate of drug-likeness (QED) is 0.362. The zero-order valence-corrected chi connectivity index (χ0v) is 10.9. The fourth-order valence-corrected chi connectivity index (χ4v) is 0.149. The molecule has 11 heteroatoms. The minimum atomic E-state index is -1.74. The summed E-state index contributed by atoms with van der Waals surface area (Å²) in [6.45, 7) is -1.58. The van der Waals surface area contributed by atoms with Crippen molar-refractivity contribution in [2.75, 3.05) is 13.2 Å². The fraction of sp³-hybridized carbons (Fsp3) is 0.667. The molecule has 0 saturated heterocycles. The molecule has 0 aliphatic carbocycles. The van der Waals surface area contributed by atoms with E-state index in [1.807, 2.05) is 0 Å². The van der Waals surface area contributed by atoms with Gasteiger partial charge in [-0.05, 0) is 0 Å². The Kier molecular flexibility index (Phi) is 32.6. The predicted molar refractivity (Wildman–Crippen MR) is 49.2 cm³/mol. The average molecular weight is 286 g/mol. The Bertz CT molecular complexity index is 166. The Morgan fingerprint density at radius 1 is 0.882 bits per heavy atom. The van der Waals surface area contributed by atoms with E-state index < -0.39 is 37.4 Å². The van der Waals surface area contributed by atoms with E-state index in [9.17, 15) is 19.8 Å². The topological polar surface area (TPSA) is 224 Å². The third-order valence-electron chi connectivity index (χ3n) is 0.890. The molecular formula is C6H14CaO10. The molecule has 0 spiro atoms. The second kappa shape index (κ2) is 18.3. The SMILES string of the molecule is O.O.O=C([O-])C(O)CO.O=C([O-])C(O)CO.[Ca+2]. The number of carboxylic acids is 2. The average Bonchev–Trinajstić information content (AvgIpc) is 2.15. The van der Waals surface area contributed by atoms with Crippen LogP contribution in [0, 0.1) is 0 Å². The minimum Gasteiger partial charge on any atom is -0.547 e. The van der Waals surface area contributed by atoms with E-state index in [1.54, 1.807) is 0 Å². The summed E-state index contributed by atoms with van der Waals surface area (Å²) >= 11 is 0. The van der Waals surface area contributed by atoms with E-state index >= 15 is 0 Å². The predicted octanol–water partition coefficient (Wildman–Crippen LogP) is -7.85. The van der Waals surface area contributed by atoms with Crippen molar-refractivity contribution >= 4 is 49.7 Å². The Morgan fingerprint density at radius 3 is 1.06 bits per heavy atom. The van der Waals surface area contributed by atoms with Gasteiger partial charge in [-0.15, -0.1) is 0 Å². The molecule has 2 unspecified atom stereocenters. The van der Waals surface area contributed by atoms with Crippen LogP contribution in [0.2, 0.25) is 0 Å². The maximum Gasteiger partial charge on any atom is 2.00 e. The Balaban J connectivity index is -0.0000000480. The van der Waals surface area contributed by atoms with Crippen molar-refractivity contribution in [1.82, 2.24) is 0 Å². The first-order valence-corrected chi connectivity index (χ1v) is 3.36. The molecule has 0 aliphatic heterocycles. The van der Waals surface area contributed by atoms with Crippen LogP contribution in [-0.2, 0) is 9.59 Å². The Hall–Kier alpha value is -0.0403. The van der Waals surface area contributed by atoms with Gasteiger partial charge < -0.3 is 51.2 Å². The van der Waals surface area contributed by atoms with Crippen molar-refractivity contribution < 1.29 is 51.2 Å². The van der Waals surface area contributed by atoms with Crippen LogP contribution in [0.15, 0.2) is 0 Å². The molecule has 0 fully saturated rings. The molecule has 0 aliphatic rings. The van der Waals surface area contributed by atoms with Gasteiger partial charge in [0, 0.05) is 0 Å². The number of carboxylic acid groups (broad SMARTS) is 2. The number of aliphatic hydroxyl groups is 4. The molecule has 0 aromatic heterocycles. The van der Waals surface area contributed by atoms with Crippen LogP contribution in [-0.4, -0.2) is 106 Å². The molecule has 0 amide bonds. The van der Waals surface area contributed by atoms with Crippen LogP contribution in [0.1, 0.15) is 0 Å². The standard InChI is InChI=1S/2C3H6O4.Ca.2H2O/c2*4-1-2(5)3(6)7;;;/h2*2,4-5H,1H2,(H,6,7);;2*1H2/q;;+2;;/p-2. The van der Waals surface area contributed by atoms with E-state index in [1.165, 1.54) is 0 Å². The number of aliphatic carboxylic acids is 2. The van der Waals surface area contributed by atoms with E-state index in [0.717, 1.165) is 0 Å². The number of rotatable bonds is 4. The van der Waals surface area contributed by atoms with Gasteiger partial charge in [-0.2, -0.15) is 0 Å². The normalized spacial score (nSPS) is 11.1. The zero-order valence-electron chi connectivity index (χ0n) is 8.70. The van der Waals surface area contributed by atoms with E-state index in [4.69, 9.17) is 20.4 Å². The summed E-state index contributed by atoms with van der Waals surface area (Å²) in [6, 6.07) is 0. The number of carbonyl (C=O) groups is 2. The maximum absolute atomic E-state index is 9.41. The van der Waals surface area contributed by atoms with Crippen LogP contribution < -0.4 is 10.2 Å². The number of aliphatic hydroxyl groups excluding tert-OH is 4. The number of hydrogen-bond acceptors (Lipinski definition) is 8. The first kappa shape index (κ1) is 30.2.